The zero-order valence-corrected chi connectivity index (χ0v) is 17.2. The largest absolute Gasteiger partial charge is 0.456 e. The molecule has 0 atom stereocenters. The summed E-state index contributed by atoms with van der Waals surface area (Å²) in [5, 5.41) is 8.32. The summed E-state index contributed by atoms with van der Waals surface area (Å²) in [5.74, 6) is 0.978. The van der Waals surface area contributed by atoms with E-state index in [1.54, 1.807) is 6.07 Å². The van der Waals surface area contributed by atoms with E-state index in [1.807, 2.05) is 18.2 Å². The van der Waals surface area contributed by atoms with E-state index in [9.17, 15) is 4.79 Å². The minimum absolute atomic E-state index is 0.209. The molecule has 5 rings (SSSR count). The third-order valence-electron chi connectivity index (χ3n) is 5.98. The Bertz CT molecular complexity index is 1150. The standard InChI is InChI=1S/C23H25N3O4/c1-3-23(28-11-12-29-23)9-10-26(2)14-15-7-8-18-17(13-15)21-20-16(22(27)25-24-21)5-4-6-19(20)30-18/h4-8,13H,3,9-12,14H2,1-2H3,(H,25,27). The minimum Gasteiger partial charge on any atom is -0.456 e. The third-order valence-corrected chi connectivity index (χ3v) is 5.98. The maximum absolute atomic E-state index is 12.2. The highest BCUT2D eigenvalue weighted by Gasteiger charge is 2.34. The normalized spacial score (nSPS) is 16.6. The highest BCUT2D eigenvalue weighted by Crippen LogP contribution is 2.44. The maximum Gasteiger partial charge on any atom is 0.272 e. The molecule has 2 aliphatic heterocycles. The molecule has 0 bridgehead atoms. The third kappa shape index (κ3) is 3.29. The van der Waals surface area contributed by atoms with Gasteiger partial charge in [-0.25, -0.2) is 5.10 Å². The molecular weight excluding hydrogens is 382 g/mol. The van der Waals surface area contributed by atoms with Crippen LogP contribution < -0.4 is 10.3 Å². The number of H-pyrrole nitrogens is 1. The molecule has 0 unspecified atom stereocenters. The molecule has 1 aromatic heterocycles. The van der Waals surface area contributed by atoms with Crippen LogP contribution in [0.1, 0.15) is 25.3 Å². The number of aromatic amines is 1. The molecule has 0 radical (unpaired) electrons. The molecule has 0 saturated carbocycles. The predicted octanol–water partition coefficient (Wildman–Crippen LogP) is 3.67. The Kier molecular flexibility index (Phi) is 4.81. The fourth-order valence-corrected chi connectivity index (χ4v) is 4.31. The van der Waals surface area contributed by atoms with Gasteiger partial charge in [0.2, 0.25) is 0 Å². The number of hydrogen-bond acceptors (Lipinski definition) is 6. The van der Waals surface area contributed by atoms with E-state index >= 15 is 0 Å². The number of ether oxygens (including phenoxy) is 3. The molecule has 156 valence electrons. The van der Waals surface area contributed by atoms with E-state index in [4.69, 9.17) is 14.2 Å². The second-order valence-corrected chi connectivity index (χ2v) is 7.96. The number of nitrogens with one attached hydrogen (secondary N) is 1. The molecule has 0 spiro atoms. The number of aromatic nitrogens is 2. The second-order valence-electron chi connectivity index (χ2n) is 7.96. The summed E-state index contributed by atoms with van der Waals surface area (Å²) in [5.41, 5.74) is 2.59. The monoisotopic (exact) mass is 407 g/mol. The van der Waals surface area contributed by atoms with Crippen LogP contribution in [0, 0.1) is 0 Å². The first-order chi connectivity index (χ1) is 14.6. The van der Waals surface area contributed by atoms with Crippen LogP contribution in [-0.2, 0) is 16.0 Å². The van der Waals surface area contributed by atoms with Gasteiger partial charge in [-0.1, -0.05) is 19.1 Å². The Hall–Kier alpha value is -2.74. The number of benzene rings is 2. The zero-order valence-electron chi connectivity index (χ0n) is 17.2. The number of nitrogens with zero attached hydrogens (tertiary/aromatic N) is 2. The van der Waals surface area contributed by atoms with Gasteiger partial charge in [0.25, 0.3) is 5.56 Å². The van der Waals surface area contributed by atoms with E-state index in [0.717, 1.165) is 53.9 Å². The molecular formula is C23H25N3O4. The van der Waals surface area contributed by atoms with Gasteiger partial charge in [0.05, 0.1) is 24.0 Å². The number of fused-ring (bicyclic) bond motifs is 2. The number of rotatable bonds is 6. The zero-order chi connectivity index (χ0) is 20.7. The lowest BCUT2D eigenvalue weighted by Crippen LogP contribution is -2.34. The Morgan fingerprint density at radius 3 is 2.80 bits per heavy atom. The van der Waals surface area contributed by atoms with E-state index < -0.39 is 5.79 Å². The Morgan fingerprint density at radius 2 is 2.00 bits per heavy atom. The molecule has 2 aliphatic rings. The van der Waals surface area contributed by atoms with Gasteiger partial charge >= 0.3 is 0 Å². The van der Waals surface area contributed by atoms with E-state index in [2.05, 4.69) is 41.2 Å². The summed E-state index contributed by atoms with van der Waals surface area (Å²) in [4.78, 5) is 14.4. The van der Waals surface area contributed by atoms with E-state index in [0.29, 0.717) is 24.3 Å². The fraction of sp³-hybridized carbons (Fsp3) is 0.391. The lowest BCUT2D eigenvalue weighted by Gasteiger charge is -2.28. The molecule has 7 heteroatoms. The van der Waals surface area contributed by atoms with Gasteiger partial charge < -0.3 is 19.1 Å². The smallest absolute Gasteiger partial charge is 0.272 e. The van der Waals surface area contributed by atoms with Gasteiger partial charge in [-0.2, -0.15) is 5.10 Å². The van der Waals surface area contributed by atoms with Gasteiger partial charge in [0.1, 0.15) is 17.2 Å². The first-order valence-corrected chi connectivity index (χ1v) is 10.4. The van der Waals surface area contributed by atoms with Crippen LogP contribution in [0.3, 0.4) is 0 Å². The van der Waals surface area contributed by atoms with Gasteiger partial charge in [0.15, 0.2) is 5.79 Å². The lowest BCUT2D eigenvalue weighted by molar-refractivity contribution is -0.165. The van der Waals surface area contributed by atoms with Crippen molar-refractivity contribution in [3.63, 3.8) is 0 Å². The topological polar surface area (TPSA) is 76.7 Å². The highest BCUT2D eigenvalue weighted by atomic mass is 16.7. The number of hydrogen-bond donors (Lipinski definition) is 1. The van der Waals surface area contributed by atoms with Crippen molar-refractivity contribution in [3.05, 3.63) is 52.3 Å². The van der Waals surface area contributed by atoms with Gasteiger partial charge in [-0.15, -0.1) is 0 Å². The minimum atomic E-state index is -0.437. The van der Waals surface area contributed by atoms with Crippen LogP contribution >= 0.6 is 0 Å². The summed E-state index contributed by atoms with van der Waals surface area (Å²) in [6.07, 6.45) is 1.69. The summed E-state index contributed by atoms with van der Waals surface area (Å²) in [7, 11) is 2.10. The maximum atomic E-state index is 12.2. The van der Waals surface area contributed by atoms with Crippen LogP contribution in [0.4, 0.5) is 0 Å². The second kappa shape index (κ2) is 7.50. The first kappa shape index (κ1) is 19.2. The highest BCUT2D eigenvalue weighted by molar-refractivity contribution is 6.01. The average molecular weight is 407 g/mol. The molecule has 1 fully saturated rings. The predicted molar refractivity (Wildman–Crippen MR) is 114 cm³/mol. The molecule has 30 heavy (non-hydrogen) atoms. The van der Waals surface area contributed by atoms with Crippen LogP contribution in [0.15, 0.2) is 41.2 Å². The SMILES string of the molecule is CCC1(CCN(C)Cc2ccc3c(c2)-c2n[nH]c(=O)c4cccc(c24)O3)OCCO1. The Labute approximate surface area is 174 Å². The summed E-state index contributed by atoms with van der Waals surface area (Å²) in [6.45, 7) is 5.09. The van der Waals surface area contributed by atoms with Crippen molar-refractivity contribution in [3.8, 4) is 22.8 Å². The van der Waals surface area contributed by atoms with Crippen molar-refractivity contribution in [2.75, 3.05) is 26.8 Å². The molecule has 0 amide bonds. The Balaban J connectivity index is 1.39. The molecule has 2 aromatic carbocycles. The fourth-order valence-electron chi connectivity index (χ4n) is 4.31. The van der Waals surface area contributed by atoms with E-state index in [-0.39, 0.29) is 5.56 Å². The molecule has 1 saturated heterocycles. The quantitative estimate of drug-likeness (QED) is 0.526. The van der Waals surface area contributed by atoms with Crippen LogP contribution in [0.2, 0.25) is 0 Å². The van der Waals surface area contributed by atoms with E-state index in [1.165, 1.54) is 0 Å². The van der Waals surface area contributed by atoms with Gasteiger partial charge in [-0.3, -0.25) is 4.79 Å². The van der Waals surface area contributed by atoms with Crippen LogP contribution in [0.25, 0.3) is 22.0 Å². The molecule has 1 N–H and O–H groups in total. The lowest BCUT2D eigenvalue weighted by atomic mass is 9.99. The first-order valence-electron chi connectivity index (χ1n) is 10.4. The summed E-state index contributed by atoms with van der Waals surface area (Å²) < 4.78 is 17.7. The van der Waals surface area contributed by atoms with Crippen molar-refractivity contribution >= 4 is 10.8 Å². The van der Waals surface area contributed by atoms with Crippen LogP contribution in [-0.4, -0.2) is 47.7 Å². The van der Waals surface area contributed by atoms with Crippen molar-refractivity contribution in [1.82, 2.24) is 15.1 Å². The van der Waals surface area contributed by atoms with Gasteiger partial charge in [-0.05, 0) is 43.3 Å². The summed E-state index contributed by atoms with van der Waals surface area (Å²) >= 11 is 0. The van der Waals surface area contributed by atoms with Crippen molar-refractivity contribution in [2.45, 2.75) is 32.1 Å². The van der Waals surface area contributed by atoms with Crippen molar-refractivity contribution in [2.24, 2.45) is 0 Å². The van der Waals surface area contributed by atoms with Crippen molar-refractivity contribution < 1.29 is 14.2 Å². The molecule has 3 aromatic rings. The van der Waals surface area contributed by atoms with Crippen molar-refractivity contribution in [1.29, 1.82) is 0 Å². The molecule has 3 heterocycles. The average Bonchev–Trinajstić information content (AvgIpc) is 3.24. The Morgan fingerprint density at radius 1 is 1.17 bits per heavy atom. The summed E-state index contributed by atoms with van der Waals surface area (Å²) in [6, 6.07) is 11.6. The molecule has 7 nitrogen and oxygen atoms in total. The molecule has 0 aliphatic carbocycles. The van der Waals surface area contributed by atoms with Crippen LogP contribution in [0.5, 0.6) is 11.5 Å². The van der Waals surface area contributed by atoms with Gasteiger partial charge in [0, 0.05) is 25.1 Å².